The van der Waals surface area contributed by atoms with Gasteiger partial charge in [0, 0.05) is 32.1 Å². The smallest absolute Gasteiger partial charge is 0.222 e. The van der Waals surface area contributed by atoms with E-state index in [1.54, 1.807) is 0 Å². The largest absolute Gasteiger partial charge is 0.357 e. The molecule has 1 heterocycles. The van der Waals surface area contributed by atoms with Gasteiger partial charge in [0.2, 0.25) is 5.91 Å². The molecule has 0 atom stereocenters. The van der Waals surface area contributed by atoms with Crippen LogP contribution in [0.2, 0.25) is 0 Å². The topological polar surface area (TPSA) is 56.7 Å². The number of guanidine groups is 1. The highest BCUT2D eigenvalue weighted by Crippen LogP contribution is 2.18. The second-order valence-corrected chi connectivity index (χ2v) is 6.35. The van der Waals surface area contributed by atoms with E-state index in [-0.39, 0.29) is 5.91 Å². The fourth-order valence-corrected chi connectivity index (χ4v) is 2.75. The van der Waals surface area contributed by atoms with Crippen LogP contribution in [0.4, 0.5) is 0 Å². The number of carbonyl (C=O) groups is 1. The van der Waals surface area contributed by atoms with Crippen LogP contribution in [-0.2, 0) is 17.9 Å². The minimum Gasteiger partial charge on any atom is -0.357 e. The minimum absolute atomic E-state index is 0.278. The van der Waals surface area contributed by atoms with Gasteiger partial charge in [0.25, 0.3) is 0 Å². The summed E-state index contributed by atoms with van der Waals surface area (Å²) in [4.78, 5) is 18.3. The van der Waals surface area contributed by atoms with Gasteiger partial charge in [0.05, 0.1) is 6.54 Å². The van der Waals surface area contributed by atoms with Crippen molar-refractivity contribution in [3.8, 4) is 0 Å². The van der Waals surface area contributed by atoms with Crippen molar-refractivity contribution in [1.82, 2.24) is 15.5 Å². The summed E-state index contributed by atoms with van der Waals surface area (Å²) in [6.07, 6.45) is 4.18. The number of aliphatic imine (C=N–C) groups is 1. The predicted octanol–water partition coefficient (Wildman–Crippen LogP) is 2.03. The number of nitrogens with zero attached hydrogens (tertiary/aromatic N) is 2. The minimum atomic E-state index is 0.278. The molecule has 0 unspecified atom stereocenters. The number of nitrogens with one attached hydrogen (secondary N) is 2. The van der Waals surface area contributed by atoms with Crippen LogP contribution in [0.25, 0.3) is 0 Å². The van der Waals surface area contributed by atoms with Crippen molar-refractivity contribution >= 4 is 11.9 Å². The number of carbonyl (C=O) groups excluding carboxylic acids is 1. The molecular formula is C18H26N4O. The molecule has 0 aromatic heterocycles. The van der Waals surface area contributed by atoms with E-state index in [1.807, 2.05) is 4.90 Å². The SMILES string of the molecule is CCNC(=NCc1ccc(CN2CCCC2=O)cc1)NC1CC1. The van der Waals surface area contributed by atoms with Gasteiger partial charge in [0.15, 0.2) is 5.96 Å². The Balaban J connectivity index is 1.54. The molecule has 0 spiro atoms. The third kappa shape index (κ3) is 4.71. The molecule has 2 aliphatic rings. The third-order valence-electron chi connectivity index (χ3n) is 4.25. The first kappa shape index (κ1) is 15.8. The van der Waals surface area contributed by atoms with Gasteiger partial charge in [-0.25, -0.2) is 4.99 Å². The van der Waals surface area contributed by atoms with Crippen LogP contribution in [0, 0.1) is 0 Å². The Labute approximate surface area is 138 Å². The standard InChI is InChI=1S/C18H26N4O/c1-2-19-18(21-16-9-10-16)20-12-14-5-7-15(8-6-14)13-22-11-3-4-17(22)23/h5-8,16H,2-4,9-13H2,1H3,(H2,19,20,21). The van der Waals surface area contributed by atoms with Gasteiger partial charge in [-0.2, -0.15) is 0 Å². The monoisotopic (exact) mass is 314 g/mol. The molecule has 1 aromatic carbocycles. The lowest BCUT2D eigenvalue weighted by molar-refractivity contribution is -0.128. The van der Waals surface area contributed by atoms with Crippen LogP contribution in [0.5, 0.6) is 0 Å². The van der Waals surface area contributed by atoms with Gasteiger partial charge in [0.1, 0.15) is 0 Å². The molecule has 0 bridgehead atoms. The summed E-state index contributed by atoms with van der Waals surface area (Å²) in [6.45, 7) is 5.25. The normalized spacial score (nSPS) is 18.4. The molecule has 23 heavy (non-hydrogen) atoms. The van der Waals surface area contributed by atoms with Crippen LogP contribution in [-0.4, -0.2) is 35.9 Å². The van der Waals surface area contributed by atoms with Gasteiger partial charge in [-0.05, 0) is 37.3 Å². The molecular weight excluding hydrogens is 288 g/mol. The highest BCUT2D eigenvalue weighted by atomic mass is 16.2. The number of benzene rings is 1. The summed E-state index contributed by atoms with van der Waals surface area (Å²) < 4.78 is 0. The first-order valence-electron chi connectivity index (χ1n) is 8.65. The zero-order chi connectivity index (χ0) is 16.1. The molecule has 1 aromatic rings. The highest BCUT2D eigenvalue weighted by molar-refractivity contribution is 5.80. The summed E-state index contributed by atoms with van der Waals surface area (Å²) in [6, 6.07) is 9.04. The second kappa shape index (κ2) is 7.49. The van der Waals surface area contributed by atoms with Crippen molar-refractivity contribution in [2.75, 3.05) is 13.1 Å². The Hall–Kier alpha value is -2.04. The maximum atomic E-state index is 11.7. The second-order valence-electron chi connectivity index (χ2n) is 6.35. The molecule has 5 heteroatoms. The van der Waals surface area contributed by atoms with Crippen LogP contribution < -0.4 is 10.6 Å². The van der Waals surface area contributed by atoms with E-state index in [0.717, 1.165) is 32.0 Å². The highest BCUT2D eigenvalue weighted by Gasteiger charge is 2.22. The predicted molar refractivity (Wildman–Crippen MR) is 92.1 cm³/mol. The molecule has 1 aliphatic carbocycles. The van der Waals surface area contributed by atoms with Crippen LogP contribution in [0.15, 0.2) is 29.3 Å². The van der Waals surface area contributed by atoms with Crippen molar-refractivity contribution < 1.29 is 4.79 Å². The first-order chi connectivity index (χ1) is 11.2. The van der Waals surface area contributed by atoms with Crippen LogP contribution >= 0.6 is 0 Å². The third-order valence-corrected chi connectivity index (χ3v) is 4.25. The van der Waals surface area contributed by atoms with E-state index in [4.69, 9.17) is 0 Å². The molecule has 2 fully saturated rings. The van der Waals surface area contributed by atoms with E-state index in [2.05, 4.69) is 46.8 Å². The number of hydrogen-bond acceptors (Lipinski definition) is 2. The molecule has 1 saturated carbocycles. The van der Waals surface area contributed by atoms with Gasteiger partial charge in [-0.15, -0.1) is 0 Å². The van der Waals surface area contributed by atoms with E-state index in [1.165, 1.54) is 24.0 Å². The maximum absolute atomic E-state index is 11.7. The Morgan fingerprint density at radius 1 is 1.26 bits per heavy atom. The quantitative estimate of drug-likeness (QED) is 0.624. The zero-order valence-corrected chi connectivity index (χ0v) is 13.8. The first-order valence-corrected chi connectivity index (χ1v) is 8.65. The van der Waals surface area contributed by atoms with Crippen LogP contribution in [0.3, 0.4) is 0 Å². The summed E-state index contributed by atoms with van der Waals surface area (Å²) in [7, 11) is 0. The fraction of sp³-hybridized carbons (Fsp3) is 0.556. The lowest BCUT2D eigenvalue weighted by atomic mass is 10.1. The van der Waals surface area contributed by atoms with Gasteiger partial charge in [-0.1, -0.05) is 24.3 Å². The van der Waals surface area contributed by atoms with Crippen molar-refractivity contribution in [3.63, 3.8) is 0 Å². The molecule has 1 saturated heterocycles. The van der Waals surface area contributed by atoms with Crippen molar-refractivity contribution in [2.24, 2.45) is 4.99 Å². The summed E-state index contributed by atoms with van der Waals surface area (Å²) >= 11 is 0. The lowest BCUT2D eigenvalue weighted by Crippen LogP contribution is -2.38. The number of rotatable bonds is 6. The van der Waals surface area contributed by atoms with Crippen molar-refractivity contribution in [3.05, 3.63) is 35.4 Å². The summed E-state index contributed by atoms with van der Waals surface area (Å²) in [5.74, 6) is 1.18. The Bertz CT molecular complexity index is 563. The lowest BCUT2D eigenvalue weighted by Gasteiger charge is -2.15. The number of amides is 1. The fourth-order valence-electron chi connectivity index (χ4n) is 2.75. The average molecular weight is 314 g/mol. The summed E-state index contributed by atoms with van der Waals surface area (Å²) in [5.41, 5.74) is 2.38. The molecule has 3 rings (SSSR count). The van der Waals surface area contributed by atoms with E-state index in [0.29, 0.717) is 19.0 Å². The molecule has 2 N–H and O–H groups in total. The molecule has 124 valence electrons. The molecule has 1 aliphatic heterocycles. The molecule has 1 amide bonds. The van der Waals surface area contributed by atoms with Crippen LogP contribution in [0.1, 0.15) is 43.7 Å². The van der Waals surface area contributed by atoms with E-state index in [9.17, 15) is 4.79 Å². The van der Waals surface area contributed by atoms with E-state index < -0.39 is 0 Å². The Morgan fingerprint density at radius 3 is 2.61 bits per heavy atom. The summed E-state index contributed by atoms with van der Waals surface area (Å²) in [5, 5.41) is 6.70. The Kier molecular flexibility index (Phi) is 5.16. The molecule has 0 radical (unpaired) electrons. The van der Waals surface area contributed by atoms with Crippen molar-refractivity contribution in [2.45, 2.75) is 51.7 Å². The average Bonchev–Trinajstić information content (AvgIpc) is 3.28. The van der Waals surface area contributed by atoms with Gasteiger partial charge >= 0.3 is 0 Å². The Morgan fingerprint density at radius 2 is 2.00 bits per heavy atom. The van der Waals surface area contributed by atoms with E-state index >= 15 is 0 Å². The van der Waals surface area contributed by atoms with Gasteiger partial charge < -0.3 is 15.5 Å². The number of hydrogen-bond donors (Lipinski definition) is 2. The van der Waals surface area contributed by atoms with Crippen molar-refractivity contribution in [1.29, 1.82) is 0 Å². The molecule has 5 nitrogen and oxygen atoms in total. The maximum Gasteiger partial charge on any atom is 0.222 e. The number of likely N-dealkylation sites (tertiary alicyclic amines) is 1. The van der Waals surface area contributed by atoms with Gasteiger partial charge in [-0.3, -0.25) is 4.79 Å². The zero-order valence-electron chi connectivity index (χ0n) is 13.8.